The third kappa shape index (κ3) is 6.90. The fraction of sp³-hybridized carbons (Fsp3) is 0.176. The Labute approximate surface area is 314 Å². The summed E-state index contributed by atoms with van der Waals surface area (Å²) >= 11 is 0. The summed E-state index contributed by atoms with van der Waals surface area (Å²) in [5, 5.41) is 134. The number of benzene rings is 4. The van der Waals surface area contributed by atoms with Crippen LogP contribution in [0.15, 0.2) is 36.4 Å². The molecule has 2 bridgehead atoms. The third-order valence-electron chi connectivity index (χ3n) is 8.38. The first-order valence-corrected chi connectivity index (χ1v) is 15.7. The van der Waals surface area contributed by atoms with Crippen LogP contribution in [0.5, 0.6) is 80.5 Å². The normalized spacial score (nSPS) is 20.3. The molecule has 6 rings (SSSR count). The molecule has 1 saturated heterocycles. The van der Waals surface area contributed by atoms with Gasteiger partial charge in [0.1, 0.15) is 23.3 Å². The van der Waals surface area contributed by atoms with Gasteiger partial charge in [-0.2, -0.15) is 0 Å². The van der Waals surface area contributed by atoms with E-state index in [0.29, 0.717) is 36.4 Å². The molecular formula is C34H26O23. The summed E-state index contributed by atoms with van der Waals surface area (Å²) in [4.78, 5) is 52.6. The lowest BCUT2D eigenvalue weighted by Gasteiger charge is -2.42. The van der Waals surface area contributed by atoms with Gasteiger partial charge in [-0.05, 0) is 24.3 Å². The molecule has 0 saturated carbocycles. The molecule has 2 aliphatic heterocycles. The molecule has 57 heavy (non-hydrogen) atoms. The van der Waals surface area contributed by atoms with Gasteiger partial charge in [-0.3, -0.25) is 0 Å². The van der Waals surface area contributed by atoms with Crippen LogP contribution in [-0.2, 0) is 18.9 Å². The Morgan fingerprint density at radius 3 is 1.96 bits per heavy atom. The summed E-state index contributed by atoms with van der Waals surface area (Å²) in [6.07, 6.45) is -10.7. The number of fused-ring (bicyclic) bond motifs is 4. The number of rotatable bonds is 6. The van der Waals surface area contributed by atoms with Crippen molar-refractivity contribution in [3.05, 3.63) is 58.7 Å². The van der Waals surface area contributed by atoms with Crippen molar-refractivity contribution in [2.75, 3.05) is 6.61 Å². The first-order chi connectivity index (χ1) is 26.8. The second-order valence-corrected chi connectivity index (χ2v) is 12.0. The highest BCUT2D eigenvalue weighted by molar-refractivity contribution is 5.97. The van der Waals surface area contributed by atoms with E-state index >= 15 is 0 Å². The molecule has 0 aromatic heterocycles. The Morgan fingerprint density at radius 1 is 0.702 bits per heavy atom. The molecule has 2 unspecified atom stereocenters. The van der Waals surface area contributed by atoms with Gasteiger partial charge in [-0.1, -0.05) is 0 Å². The van der Waals surface area contributed by atoms with Gasteiger partial charge < -0.3 is 94.8 Å². The number of aromatic hydroxyl groups is 10. The molecule has 2 aliphatic rings. The van der Waals surface area contributed by atoms with E-state index in [4.69, 9.17) is 28.4 Å². The van der Waals surface area contributed by atoms with Gasteiger partial charge in [0.2, 0.25) is 41.1 Å². The van der Waals surface area contributed by atoms with Crippen molar-refractivity contribution in [3.63, 3.8) is 0 Å². The van der Waals surface area contributed by atoms with Gasteiger partial charge >= 0.3 is 23.9 Å². The molecule has 1 fully saturated rings. The van der Waals surface area contributed by atoms with Crippen LogP contribution in [-0.4, -0.2) is 128 Å². The first-order valence-electron chi connectivity index (χ1n) is 15.7. The molecule has 300 valence electrons. The van der Waals surface area contributed by atoms with Crippen molar-refractivity contribution in [1.82, 2.24) is 0 Å². The smallest absolute Gasteiger partial charge is 0.342 e. The number of hydrogen-bond acceptors (Lipinski definition) is 22. The molecule has 0 aliphatic carbocycles. The summed E-state index contributed by atoms with van der Waals surface area (Å²) in [7, 11) is 0. The molecule has 0 spiro atoms. The van der Waals surface area contributed by atoms with E-state index in [0.717, 1.165) is 0 Å². The number of esters is 3. The van der Waals surface area contributed by atoms with E-state index < -0.39 is 164 Å². The highest BCUT2D eigenvalue weighted by Crippen LogP contribution is 2.53. The number of carbonyl (C=O) groups is 4. The van der Waals surface area contributed by atoms with E-state index in [1.807, 2.05) is 0 Å². The highest BCUT2D eigenvalue weighted by atomic mass is 16.7. The van der Waals surface area contributed by atoms with Crippen molar-refractivity contribution in [1.29, 1.82) is 0 Å². The van der Waals surface area contributed by atoms with Crippen molar-refractivity contribution < 1.29 is 114 Å². The minimum absolute atomic E-state index is 0.425. The SMILES string of the molecule is O=C(OC1[C@H](O)C(CO)O[C@H]2OC(=O)c3cc(O)c(O)c(c3)Oc3c(cc(Oc4c(C(=O)O)cc(O)c(O)c4O)c(O)c3O)C(=O)O[C@@H]12)c1cc(O)c(O)c(O)c1. The molecule has 4 aromatic rings. The standard InChI is InChI=1S/C34H26O23/c35-7-18-23(44)28(55-31(49)8-1-12(36)19(40)13(37)2-8)29-34(54-18)57-32(50)9-3-14(38)20(41)16(4-9)52-27-11(33(51)56-29)6-17(22(43)25(27)46)53-26-10(30(47)48)5-15(39)21(42)24(26)45/h1-6,18,23,28-29,34-46H,7H2,(H,47,48)/t18?,23-,28?,29+,34+/m1/s1. The van der Waals surface area contributed by atoms with Gasteiger partial charge in [-0.15, -0.1) is 0 Å². The Balaban J connectivity index is 1.53. The predicted octanol–water partition coefficient (Wildman–Crippen LogP) is 1.02. The number of hydrogen-bond donors (Lipinski definition) is 13. The van der Waals surface area contributed by atoms with E-state index in [1.54, 1.807) is 0 Å². The fourth-order valence-electron chi connectivity index (χ4n) is 5.52. The van der Waals surface area contributed by atoms with Crippen LogP contribution in [0.2, 0.25) is 0 Å². The number of aliphatic hydroxyl groups is 2. The van der Waals surface area contributed by atoms with Crippen LogP contribution >= 0.6 is 0 Å². The van der Waals surface area contributed by atoms with Crippen molar-refractivity contribution >= 4 is 23.9 Å². The number of carboxylic acid groups (broad SMARTS) is 1. The zero-order chi connectivity index (χ0) is 41.8. The van der Waals surface area contributed by atoms with Crippen LogP contribution in [0, 0.1) is 0 Å². The second-order valence-electron chi connectivity index (χ2n) is 12.0. The number of phenols is 10. The molecule has 23 heteroatoms. The first kappa shape index (κ1) is 38.9. The summed E-state index contributed by atoms with van der Waals surface area (Å²) in [5.41, 5.74) is -3.44. The van der Waals surface area contributed by atoms with Crippen LogP contribution in [0.4, 0.5) is 0 Å². The molecule has 0 amide bonds. The van der Waals surface area contributed by atoms with Gasteiger partial charge in [0.25, 0.3) is 0 Å². The number of carboxylic acids is 1. The van der Waals surface area contributed by atoms with Crippen molar-refractivity contribution in [2.24, 2.45) is 0 Å². The van der Waals surface area contributed by atoms with E-state index in [1.165, 1.54) is 0 Å². The molecule has 5 atom stereocenters. The Bertz CT molecular complexity index is 2330. The Hall–Kier alpha value is -7.76. The number of carbonyl (C=O) groups excluding carboxylic acids is 3. The monoisotopic (exact) mass is 802 g/mol. The zero-order valence-corrected chi connectivity index (χ0v) is 28.0. The lowest BCUT2D eigenvalue weighted by molar-refractivity contribution is -0.283. The van der Waals surface area contributed by atoms with Gasteiger partial charge in [0.05, 0.1) is 17.7 Å². The molecule has 13 N–H and O–H groups in total. The topological polar surface area (TPSA) is 387 Å². The van der Waals surface area contributed by atoms with E-state index in [-0.39, 0.29) is 0 Å². The summed E-state index contributed by atoms with van der Waals surface area (Å²) < 4.78 is 32.3. The number of aliphatic hydroxyl groups excluding tert-OH is 2. The largest absolute Gasteiger partial charge is 0.504 e. The molecule has 4 aromatic carbocycles. The van der Waals surface area contributed by atoms with Crippen LogP contribution in [0.25, 0.3) is 0 Å². The molecule has 23 nitrogen and oxygen atoms in total. The van der Waals surface area contributed by atoms with Crippen molar-refractivity contribution in [2.45, 2.75) is 30.7 Å². The predicted molar refractivity (Wildman–Crippen MR) is 175 cm³/mol. The van der Waals surface area contributed by atoms with Crippen molar-refractivity contribution in [3.8, 4) is 80.5 Å². The Morgan fingerprint density at radius 2 is 1.33 bits per heavy atom. The van der Waals surface area contributed by atoms with Gasteiger partial charge in [-0.25, -0.2) is 19.2 Å². The zero-order valence-electron chi connectivity index (χ0n) is 28.0. The second kappa shape index (κ2) is 14.5. The molecule has 2 heterocycles. The van der Waals surface area contributed by atoms with E-state index in [9.17, 15) is 85.6 Å². The van der Waals surface area contributed by atoms with Crippen LogP contribution < -0.4 is 9.47 Å². The Kier molecular flexibility index (Phi) is 9.89. The number of aromatic carboxylic acids is 1. The highest BCUT2D eigenvalue weighted by Gasteiger charge is 2.52. The average Bonchev–Trinajstić information content (AvgIpc) is 3.16. The lowest BCUT2D eigenvalue weighted by Crippen LogP contribution is -2.62. The fourth-order valence-corrected chi connectivity index (χ4v) is 5.52. The molecular weight excluding hydrogens is 776 g/mol. The number of ether oxygens (including phenoxy) is 6. The number of phenolic OH excluding ortho intramolecular Hbond substituents is 10. The third-order valence-corrected chi connectivity index (χ3v) is 8.38. The van der Waals surface area contributed by atoms with E-state index in [2.05, 4.69) is 0 Å². The quantitative estimate of drug-likeness (QED) is 0.0735. The maximum Gasteiger partial charge on any atom is 0.342 e. The van der Waals surface area contributed by atoms with Crippen LogP contribution in [0.1, 0.15) is 41.4 Å². The lowest BCUT2D eigenvalue weighted by atomic mass is 9.98. The minimum Gasteiger partial charge on any atom is -0.504 e. The summed E-state index contributed by atoms with van der Waals surface area (Å²) in [6, 6.07) is 3.48. The summed E-state index contributed by atoms with van der Waals surface area (Å²) in [6.45, 7) is -1.07. The molecule has 0 radical (unpaired) electrons. The van der Waals surface area contributed by atoms with Gasteiger partial charge in [0, 0.05) is 12.1 Å². The maximum atomic E-state index is 14.1. The minimum atomic E-state index is -2.31. The maximum absolute atomic E-state index is 14.1. The summed E-state index contributed by atoms with van der Waals surface area (Å²) in [5.74, 6) is -22.9. The van der Waals surface area contributed by atoms with Gasteiger partial charge in [0.15, 0.2) is 57.8 Å². The average molecular weight is 803 g/mol. The van der Waals surface area contributed by atoms with Crippen LogP contribution in [0.3, 0.4) is 0 Å².